The third kappa shape index (κ3) is 2.33. The molecule has 2 heterocycles. The van der Waals surface area contributed by atoms with Crippen molar-refractivity contribution >= 4 is 27.5 Å². The molecule has 0 aliphatic carbocycles. The molecule has 0 fully saturated rings. The predicted molar refractivity (Wildman–Crippen MR) is 65.1 cm³/mol. The Labute approximate surface area is 92.9 Å². The molecule has 0 aromatic carbocycles. The quantitative estimate of drug-likeness (QED) is 0.859. The number of aromatic nitrogens is 2. The second-order valence-electron chi connectivity index (χ2n) is 3.28. The fraction of sp³-hybridized carbons (Fsp3) is 0.273. The molecule has 0 radical (unpaired) electrons. The maximum atomic E-state index is 4.40. The Hall–Kier alpha value is -1.42. The van der Waals surface area contributed by atoms with Crippen LogP contribution in [0.5, 0.6) is 0 Å². The van der Waals surface area contributed by atoms with Crippen molar-refractivity contribution in [2.24, 2.45) is 0 Å². The molecule has 1 N–H and O–H groups in total. The van der Waals surface area contributed by atoms with Gasteiger partial charge in [-0.3, -0.25) is 0 Å². The van der Waals surface area contributed by atoms with E-state index in [2.05, 4.69) is 28.3 Å². The molecule has 0 aliphatic rings. The van der Waals surface area contributed by atoms with E-state index in [0.717, 1.165) is 22.3 Å². The standard InChI is InChI=1S/C11H13N3S/c1-3-4-8(2)13-11-12-7-10-9(14-11)5-6-15-10/h4-7H,3H2,1-2H3,(H,12,13,14)/b8-4+. The van der Waals surface area contributed by atoms with E-state index < -0.39 is 0 Å². The lowest BCUT2D eigenvalue weighted by Gasteiger charge is -2.03. The van der Waals surface area contributed by atoms with Gasteiger partial charge in [0.05, 0.1) is 16.4 Å². The first kappa shape index (κ1) is 10.1. The highest BCUT2D eigenvalue weighted by atomic mass is 32.1. The van der Waals surface area contributed by atoms with Crippen molar-refractivity contribution in [3.63, 3.8) is 0 Å². The van der Waals surface area contributed by atoms with Gasteiger partial charge >= 0.3 is 0 Å². The minimum Gasteiger partial charge on any atom is -0.328 e. The van der Waals surface area contributed by atoms with E-state index >= 15 is 0 Å². The molecular formula is C11H13N3S. The van der Waals surface area contributed by atoms with Crippen LogP contribution in [0, 0.1) is 0 Å². The smallest absolute Gasteiger partial charge is 0.227 e. The molecule has 3 nitrogen and oxygen atoms in total. The average Bonchev–Trinajstić information content (AvgIpc) is 2.65. The molecule has 15 heavy (non-hydrogen) atoms. The van der Waals surface area contributed by atoms with E-state index in [-0.39, 0.29) is 0 Å². The van der Waals surface area contributed by atoms with E-state index in [1.165, 1.54) is 0 Å². The molecule has 0 saturated heterocycles. The predicted octanol–water partition coefficient (Wildman–Crippen LogP) is 3.42. The summed E-state index contributed by atoms with van der Waals surface area (Å²) in [6, 6.07) is 2.01. The van der Waals surface area contributed by atoms with Gasteiger partial charge in [-0.25, -0.2) is 9.97 Å². The summed E-state index contributed by atoms with van der Waals surface area (Å²) in [5.74, 6) is 0.670. The van der Waals surface area contributed by atoms with Crippen LogP contribution in [0.3, 0.4) is 0 Å². The van der Waals surface area contributed by atoms with Gasteiger partial charge in [-0.15, -0.1) is 11.3 Å². The summed E-state index contributed by atoms with van der Waals surface area (Å²) in [6.07, 6.45) is 4.98. The van der Waals surface area contributed by atoms with Crippen molar-refractivity contribution in [3.05, 3.63) is 29.4 Å². The van der Waals surface area contributed by atoms with Crippen molar-refractivity contribution < 1.29 is 0 Å². The van der Waals surface area contributed by atoms with Crippen LogP contribution in [0.25, 0.3) is 10.2 Å². The lowest BCUT2D eigenvalue weighted by atomic mass is 10.4. The van der Waals surface area contributed by atoms with Crippen molar-refractivity contribution in [1.82, 2.24) is 9.97 Å². The molecule has 0 spiro atoms. The largest absolute Gasteiger partial charge is 0.328 e. The van der Waals surface area contributed by atoms with Crippen molar-refractivity contribution in [2.45, 2.75) is 20.3 Å². The molecule has 0 unspecified atom stereocenters. The highest BCUT2D eigenvalue weighted by Crippen LogP contribution is 2.18. The monoisotopic (exact) mass is 219 g/mol. The number of fused-ring (bicyclic) bond motifs is 1. The fourth-order valence-corrected chi connectivity index (χ4v) is 2.05. The summed E-state index contributed by atoms with van der Waals surface area (Å²) < 4.78 is 1.12. The molecule has 0 saturated carbocycles. The normalized spacial score (nSPS) is 12.0. The van der Waals surface area contributed by atoms with Crippen LogP contribution in [-0.4, -0.2) is 9.97 Å². The van der Waals surface area contributed by atoms with Crippen LogP contribution in [0.15, 0.2) is 29.4 Å². The number of hydrogen-bond acceptors (Lipinski definition) is 4. The van der Waals surface area contributed by atoms with E-state index in [1.54, 1.807) is 11.3 Å². The molecule has 0 bridgehead atoms. The Kier molecular flexibility index (Phi) is 2.97. The Morgan fingerprint density at radius 2 is 2.47 bits per heavy atom. The highest BCUT2D eigenvalue weighted by molar-refractivity contribution is 7.17. The van der Waals surface area contributed by atoms with Gasteiger partial charge in [0.25, 0.3) is 0 Å². The maximum Gasteiger partial charge on any atom is 0.227 e. The number of allylic oxidation sites excluding steroid dienone is 2. The molecular weight excluding hydrogens is 206 g/mol. The summed E-state index contributed by atoms with van der Waals surface area (Å²) in [7, 11) is 0. The number of anilines is 1. The van der Waals surface area contributed by atoms with Gasteiger partial charge in [-0.2, -0.15) is 0 Å². The third-order valence-corrected chi connectivity index (χ3v) is 2.86. The van der Waals surface area contributed by atoms with Crippen LogP contribution >= 0.6 is 11.3 Å². The molecule has 0 amide bonds. The molecule has 0 aliphatic heterocycles. The summed E-state index contributed by atoms with van der Waals surface area (Å²) in [5.41, 5.74) is 2.09. The van der Waals surface area contributed by atoms with Crippen molar-refractivity contribution in [3.8, 4) is 0 Å². The van der Waals surface area contributed by atoms with Gasteiger partial charge in [0, 0.05) is 5.70 Å². The lowest BCUT2D eigenvalue weighted by molar-refractivity contribution is 1.14. The fourth-order valence-electron chi connectivity index (χ4n) is 1.36. The summed E-state index contributed by atoms with van der Waals surface area (Å²) in [4.78, 5) is 8.65. The first-order valence-corrected chi connectivity index (χ1v) is 5.81. The van der Waals surface area contributed by atoms with Gasteiger partial charge in [0.15, 0.2) is 0 Å². The summed E-state index contributed by atoms with van der Waals surface area (Å²) in [6.45, 7) is 4.12. The lowest BCUT2D eigenvalue weighted by Crippen LogP contribution is -1.99. The maximum absolute atomic E-state index is 4.40. The Morgan fingerprint density at radius 3 is 3.27 bits per heavy atom. The molecule has 78 valence electrons. The molecule has 0 atom stereocenters. The summed E-state index contributed by atoms with van der Waals surface area (Å²) in [5, 5.41) is 5.19. The van der Waals surface area contributed by atoms with Gasteiger partial charge in [-0.05, 0) is 24.8 Å². The zero-order chi connectivity index (χ0) is 10.7. The first-order chi connectivity index (χ1) is 7.29. The van der Waals surface area contributed by atoms with Gasteiger partial charge in [0.1, 0.15) is 0 Å². The minimum atomic E-state index is 0.670. The van der Waals surface area contributed by atoms with Crippen molar-refractivity contribution in [1.29, 1.82) is 0 Å². The van der Waals surface area contributed by atoms with Crippen LogP contribution in [0.2, 0.25) is 0 Å². The Bertz CT molecular complexity index is 487. The first-order valence-electron chi connectivity index (χ1n) is 4.93. The van der Waals surface area contributed by atoms with Crippen LogP contribution in [0.1, 0.15) is 20.3 Å². The zero-order valence-electron chi connectivity index (χ0n) is 8.82. The topological polar surface area (TPSA) is 37.8 Å². The van der Waals surface area contributed by atoms with E-state index in [1.807, 2.05) is 24.6 Å². The highest BCUT2D eigenvalue weighted by Gasteiger charge is 2.00. The number of nitrogens with zero attached hydrogens (tertiary/aromatic N) is 2. The van der Waals surface area contributed by atoms with Gasteiger partial charge in [0.2, 0.25) is 5.95 Å². The van der Waals surface area contributed by atoms with E-state index in [4.69, 9.17) is 0 Å². The Balaban J connectivity index is 2.25. The van der Waals surface area contributed by atoms with E-state index in [9.17, 15) is 0 Å². The summed E-state index contributed by atoms with van der Waals surface area (Å²) >= 11 is 1.66. The number of thiophene rings is 1. The molecule has 4 heteroatoms. The number of nitrogens with one attached hydrogen (secondary N) is 1. The van der Waals surface area contributed by atoms with Crippen LogP contribution in [-0.2, 0) is 0 Å². The second kappa shape index (κ2) is 4.40. The third-order valence-electron chi connectivity index (χ3n) is 2.02. The average molecular weight is 219 g/mol. The Morgan fingerprint density at radius 1 is 1.60 bits per heavy atom. The van der Waals surface area contributed by atoms with Crippen LogP contribution in [0.4, 0.5) is 5.95 Å². The molecule has 2 rings (SSSR count). The zero-order valence-corrected chi connectivity index (χ0v) is 9.64. The molecule has 2 aromatic heterocycles. The van der Waals surface area contributed by atoms with Gasteiger partial charge < -0.3 is 5.32 Å². The van der Waals surface area contributed by atoms with Crippen LogP contribution < -0.4 is 5.32 Å². The molecule has 2 aromatic rings. The number of rotatable bonds is 3. The SMILES string of the molecule is CC/C=C(\C)Nc1ncc2sccc2n1. The van der Waals surface area contributed by atoms with Crippen molar-refractivity contribution in [2.75, 3.05) is 5.32 Å². The van der Waals surface area contributed by atoms with Gasteiger partial charge in [-0.1, -0.05) is 13.0 Å². The number of hydrogen-bond donors (Lipinski definition) is 1. The van der Waals surface area contributed by atoms with E-state index in [0.29, 0.717) is 5.95 Å². The minimum absolute atomic E-state index is 0.670. The second-order valence-corrected chi connectivity index (χ2v) is 4.23.